The summed E-state index contributed by atoms with van der Waals surface area (Å²) in [7, 11) is 0. The SMILES string of the molecule is O=C(NCC1CC1)C1CCN(C(c2ccc(Cl)cc2)c2ccc(Cl)cc2)CC1. The highest BCUT2D eigenvalue weighted by molar-refractivity contribution is 6.30. The second-order valence-electron chi connectivity index (χ2n) is 8.00. The number of carbonyl (C=O) groups is 1. The van der Waals surface area contributed by atoms with Crippen LogP contribution in [0.3, 0.4) is 0 Å². The molecule has 2 aromatic rings. The van der Waals surface area contributed by atoms with E-state index in [1.165, 1.54) is 24.0 Å². The summed E-state index contributed by atoms with van der Waals surface area (Å²) in [6.45, 7) is 2.66. The van der Waals surface area contributed by atoms with Gasteiger partial charge in [-0.3, -0.25) is 9.69 Å². The Morgan fingerprint density at radius 2 is 1.39 bits per heavy atom. The molecule has 1 saturated heterocycles. The van der Waals surface area contributed by atoms with Gasteiger partial charge in [0.25, 0.3) is 0 Å². The number of likely N-dealkylation sites (tertiary alicyclic amines) is 1. The van der Waals surface area contributed by atoms with Crippen molar-refractivity contribution in [2.24, 2.45) is 11.8 Å². The predicted octanol–water partition coefficient (Wildman–Crippen LogP) is 5.32. The summed E-state index contributed by atoms with van der Waals surface area (Å²) in [6, 6.07) is 16.3. The summed E-state index contributed by atoms with van der Waals surface area (Å²) in [6.07, 6.45) is 4.33. The van der Waals surface area contributed by atoms with Crippen molar-refractivity contribution >= 4 is 29.1 Å². The summed E-state index contributed by atoms with van der Waals surface area (Å²) < 4.78 is 0. The molecule has 1 aliphatic heterocycles. The van der Waals surface area contributed by atoms with E-state index in [0.717, 1.165) is 48.4 Å². The average molecular weight is 417 g/mol. The molecule has 2 aliphatic rings. The molecular formula is C23H26Cl2N2O. The minimum Gasteiger partial charge on any atom is -0.356 e. The molecule has 148 valence electrons. The van der Waals surface area contributed by atoms with E-state index in [2.05, 4.69) is 34.5 Å². The number of piperidine rings is 1. The monoisotopic (exact) mass is 416 g/mol. The molecule has 0 radical (unpaired) electrons. The summed E-state index contributed by atoms with van der Waals surface area (Å²) in [5, 5.41) is 4.63. The molecule has 2 fully saturated rings. The topological polar surface area (TPSA) is 32.3 Å². The van der Waals surface area contributed by atoms with Crippen LogP contribution in [-0.2, 0) is 4.79 Å². The van der Waals surface area contributed by atoms with E-state index < -0.39 is 0 Å². The molecule has 1 aliphatic carbocycles. The van der Waals surface area contributed by atoms with Gasteiger partial charge < -0.3 is 5.32 Å². The van der Waals surface area contributed by atoms with Crippen molar-refractivity contribution < 1.29 is 4.79 Å². The highest BCUT2D eigenvalue weighted by Gasteiger charge is 2.31. The molecular weight excluding hydrogens is 391 g/mol. The average Bonchev–Trinajstić information content (AvgIpc) is 3.54. The quantitative estimate of drug-likeness (QED) is 0.690. The zero-order chi connectivity index (χ0) is 19.5. The fraction of sp³-hybridized carbons (Fsp3) is 0.435. The standard InChI is InChI=1S/C23H26Cl2N2O/c24-20-7-3-17(4-8-20)22(18-5-9-21(25)10-6-18)27-13-11-19(12-14-27)23(28)26-15-16-1-2-16/h3-10,16,19,22H,1-2,11-15H2,(H,26,28). The van der Waals surface area contributed by atoms with Gasteiger partial charge >= 0.3 is 0 Å². The van der Waals surface area contributed by atoms with E-state index in [1.54, 1.807) is 0 Å². The zero-order valence-corrected chi connectivity index (χ0v) is 17.4. The number of carbonyl (C=O) groups excluding carboxylic acids is 1. The van der Waals surface area contributed by atoms with Crippen molar-refractivity contribution in [3.63, 3.8) is 0 Å². The minimum absolute atomic E-state index is 0.131. The number of rotatable bonds is 6. The van der Waals surface area contributed by atoms with Crippen molar-refractivity contribution in [1.29, 1.82) is 0 Å². The summed E-state index contributed by atoms with van der Waals surface area (Å²) >= 11 is 12.2. The molecule has 0 aromatic heterocycles. The third-order valence-electron chi connectivity index (χ3n) is 5.90. The Labute approximate surface area is 177 Å². The molecule has 4 rings (SSSR count). The Hall–Kier alpha value is -1.55. The van der Waals surface area contributed by atoms with Crippen LogP contribution in [0.25, 0.3) is 0 Å². The first kappa shape index (κ1) is 19.8. The number of nitrogens with zero attached hydrogens (tertiary/aromatic N) is 1. The van der Waals surface area contributed by atoms with Gasteiger partial charge in [0.2, 0.25) is 5.91 Å². The zero-order valence-electron chi connectivity index (χ0n) is 15.9. The van der Waals surface area contributed by atoms with Crippen molar-refractivity contribution in [3.05, 3.63) is 69.7 Å². The van der Waals surface area contributed by atoms with Crippen LogP contribution >= 0.6 is 23.2 Å². The highest BCUT2D eigenvalue weighted by atomic mass is 35.5. The van der Waals surface area contributed by atoms with Gasteiger partial charge in [-0.2, -0.15) is 0 Å². The number of hydrogen-bond donors (Lipinski definition) is 1. The normalized spacial score (nSPS) is 18.4. The molecule has 3 nitrogen and oxygen atoms in total. The van der Waals surface area contributed by atoms with E-state index >= 15 is 0 Å². The predicted molar refractivity (Wildman–Crippen MR) is 115 cm³/mol. The summed E-state index contributed by atoms with van der Waals surface area (Å²) in [5.41, 5.74) is 2.42. The maximum absolute atomic E-state index is 12.5. The third kappa shape index (κ3) is 4.89. The fourth-order valence-corrected chi connectivity index (χ4v) is 4.29. The molecule has 0 atom stereocenters. The molecule has 0 unspecified atom stereocenters. The lowest BCUT2D eigenvalue weighted by atomic mass is 9.91. The maximum Gasteiger partial charge on any atom is 0.223 e. The highest BCUT2D eigenvalue weighted by Crippen LogP contribution is 2.34. The van der Waals surface area contributed by atoms with Gasteiger partial charge in [-0.1, -0.05) is 47.5 Å². The van der Waals surface area contributed by atoms with Crippen LogP contribution in [0.1, 0.15) is 42.9 Å². The number of benzene rings is 2. The van der Waals surface area contributed by atoms with Crippen LogP contribution in [0.5, 0.6) is 0 Å². The van der Waals surface area contributed by atoms with Gasteiger partial charge in [0.05, 0.1) is 6.04 Å². The van der Waals surface area contributed by atoms with Crippen LogP contribution in [0.2, 0.25) is 10.0 Å². The lowest BCUT2D eigenvalue weighted by Crippen LogP contribution is -2.42. The molecule has 1 N–H and O–H groups in total. The van der Waals surface area contributed by atoms with Gasteiger partial charge in [0.15, 0.2) is 0 Å². The van der Waals surface area contributed by atoms with E-state index in [4.69, 9.17) is 23.2 Å². The van der Waals surface area contributed by atoms with Crippen LogP contribution in [0.15, 0.2) is 48.5 Å². The molecule has 1 heterocycles. The van der Waals surface area contributed by atoms with Gasteiger partial charge in [0, 0.05) is 22.5 Å². The molecule has 0 bridgehead atoms. The Bertz CT molecular complexity index is 749. The Balaban J connectivity index is 1.47. The molecule has 1 saturated carbocycles. The summed E-state index contributed by atoms with van der Waals surface area (Å²) in [4.78, 5) is 14.9. The molecule has 2 aromatic carbocycles. The van der Waals surface area contributed by atoms with Crippen LogP contribution in [0.4, 0.5) is 0 Å². The lowest BCUT2D eigenvalue weighted by Gasteiger charge is -2.37. The van der Waals surface area contributed by atoms with Crippen LogP contribution in [-0.4, -0.2) is 30.4 Å². The van der Waals surface area contributed by atoms with Crippen LogP contribution < -0.4 is 5.32 Å². The van der Waals surface area contributed by atoms with Gasteiger partial charge in [-0.05, 0) is 80.1 Å². The van der Waals surface area contributed by atoms with Crippen molar-refractivity contribution in [3.8, 4) is 0 Å². The molecule has 28 heavy (non-hydrogen) atoms. The molecule has 1 amide bonds. The first-order chi connectivity index (χ1) is 13.6. The summed E-state index contributed by atoms with van der Waals surface area (Å²) in [5.74, 6) is 1.09. The van der Waals surface area contributed by atoms with Crippen molar-refractivity contribution in [2.45, 2.75) is 31.7 Å². The van der Waals surface area contributed by atoms with Crippen LogP contribution in [0, 0.1) is 11.8 Å². The number of halogens is 2. The number of amides is 1. The first-order valence-corrected chi connectivity index (χ1v) is 10.9. The van der Waals surface area contributed by atoms with Gasteiger partial charge in [-0.15, -0.1) is 0 Å². The van der Waals surface area contributed by atoms with Gasteiger partial charge in [0.1, 0.15) is 0 Å². The van der Waals surface area contributed by atoms with Crippen molar-refractivity contribution in [2.75, 3.05) is 19.6 Å². The number of hydrogen-bond acceptors (Lipinski definition) is 2. The maximum atomic E-state index is 12.5. The minimum atomic E-state index is 0.131. The van der Waals surface area contributed by atoms with E-state index in [9.17, 15) is 4.79 Å². The lowest BCUT2D eigenvalue weighted by molar-refractivity contribution is -0.126. The Kier molecular flexibility index (Phi) is 6.25. The number of nitrogens with one attached hydrogen (secondary N) is 1. The van der Waals surface area contributed by atoms with E-state index in [0.29, 0.717) is 0 Å². The second-order valence-corrected chi connectivity index (χ2v) is 8.88. The van der Waals surface area contributed by atoms with E-state index in [1.807, 2.05) is 24.3 Å². The molecule has 0 spiro atoms. The van der Waals surface area contributed by atoms with Gasteiger partial charge in [-0.25, -0.2) is 0 Å². The largest absolute Gasteiger partial charge is 0.356 e. The first-order valence-electron chi connectivity index (χ1n) is 10.1. The Morgan fingerprint density at radius 3 is 1.86 bits per heavy atom. The van der Waals surface area contributed by atoms with E-state index in [-0.39, 0.29) is 17.9 Å². The molecule has 5 heteroatoms. The second kappa shape index (κ2) is 8.86. The van der Waals surface area contributed by atoms with Crippen molar-refractivity contribution in [1.82, 2.24) is 10.2 Å². The fourth-order valence-electron chi connectivity index (χ4n) is 4.04. The third-order valence-corrected chi connectivity index (χ3v) is 6.40. The smallest absolute Gasteiger partial charge is 0.223 e. The Morgan fingerprint density at radius 1 is 0.893 bits per heavy atom.